The first-order chi connectivity index (χ1) is 8.54. The lowest BCUT2D eigenvalue weighted by Gasteiger charge is -2.11. The summed E-state index contributed by atoms with van der Waals surface area (Å²) in [4.78, 5) is 11.3. The van der Waals surface area contributed by atoms with Gasteiger partial charge in [-0.1, -0.05) is 0 Å². The second kappa shape index (κ2) is 5.26. The number of benzene rings is 1. The van der Waals surface area contributed by atoms with Gasteiger partial charge in [-0.25, -0.2) is 8.78 Å². The number of carbonyl (C=O) groups excluding carboxylic acids is 1. The van der Waals surface area contributed by atoms with Gasteiger partial charge < -0.3 is 5.32 Å². The molecule has 0 spiro atoms. The summed E-state index contributed by atoms with van der Waals surface area (Å²) in [6.45, 7) is 0. The number of rotatable bonds is 2. The molecule has 1 aromatic carbocycles. The fraction of sp³-hybridized carbons (Fsp3) is 0.273. The van der Waals surface area contributed by atoms with Gasteiger partial charge in [0.15, 0.2) is 5.11 Å². The maximum absolute atomic E-state index is 12.9. The van der Waals surface area contributed by atoms with Gasteiger partial charge in [0.2, 0.25) is 5.91 Å². The van der Waals surface area contributed by atoms with Crippen molar-refractivity contribution in [3.05, 3.63) is 29.8 Å². The Hall–Kier alpha value is -1.76. The van der Waals surface area contributed by atoms with E-state index in [0.717, 1.165) is 31.0 Å². The van der Waals surface area contributed by atoms with Gasteiger partial charge in [-0.05, 0) is 37.2 Å². The Morgan fingerprint density at radius 2 is 1.78 bits per heavy atom. The number of hydrogen-bond donors (Lipinski definition) is 3. The smallest absolute Gasteiger partial charge is 0.241 e. The standard InChI is InChI=1S/C11H11F2N3OS/c12-7-3-8(13)5-9(4-7)14-11(18)16-15-10(17)6-1-2-6/h3-6H,1-2H2,(H,15,17)(H2,14,16,18). The molecular formula is C11H11F2N3OS. The number of amides is 1. The number of halogens is 2. The summed E-state index contributed by atoms with van der Waals surface area (Å²) in [5.41, 5.74) is 5.05. The number of anilines is 1. The number of hydrogen-bond acceptors (Lipinski definition) is 2. The minimum absolute atomic E-state index is 0.0481. The molecule has 0 aromatic heterocycles. The van der Waals surface area contributed by atoms with Crippen LogP contribution in [0.5, 0.6) is 0 Å². The van der Waals surface area contributed by atoms with E-state index < -0.39 is 11.6 Å². The van der Waals surface area contributed by atoms with Gasteiger partial charge >= 0.3 is 0 Å². The van der Waals surface area contributed by atoms with Crippen LogP contribution in [0.25, 0.3) is 0 Å². The highest BCUT2D eigenvalue weighted by molar-refractivity contribution is 7.80. The van der Waals surface area contributed by atoms with Crippen molar-refractivity contribution in [3.63, 3.8) is 0 Å². The van der Waals surface area contributed by atoms with Crippen molar-refractivity contribution in [1.29, 1.82) is 0 Å². The molecule has 0 bridgehead atoms. The number of thiocarbonyl (C=S) groups is 1. The summed E-state index contributed by atoms with van der Waals surface area (Å²) in [6.07, 6.45) is 1.76. The minimum atomic E-state index is -0.706. The normalized spacial score (nSPS) is 13.9. The Morgan fingerprint density at radius 1 is 1.17 bits per heavy atom. The summed E-state index contributed by atoms with van der Waals surface area (Å²) in [5.74, 6) is -1.50. The first-order valence-electron chi connectivity index (χ1n) is 5.37. The van der Waals surface area contributed by atoms with Crippen molar-refractivity contribution in [2.75, 3.05) is 5.32 Å². The van der Waals surface area contributed by atoms with Crippen LogP contribution < -0.4 is 16.2 Å². The molecule has 0 heterocycles. The second-order valence-corrected chi connectivity index (χ2v) is 4.41. The van der Waals surface area contributed by atoms with Crippen LogP contribution in [0.4, 0.5) is 14.5 Å². The van der Waals surface area contributed by atoms with Crippen molar-refractivity contribution < 1.29 is 13.6 Å². The van der Waals surface area contributed by atoms with Gasteiger partial charge in [-0.15, -0.1) is 0 Å². The van der Waals surface area contributed by atoms with Crippen molar-refractivity contribution in [1.82, 2.24) is 10.9 Å². The molecule has 0 atom stereocenters. The van der Waals surface area contributed by atoms with Gasteiger partial charge in [0, 0.05) is 17.7 Å². The summed E-state index contributed by atoms with van der Waals surface area (Å²) >= 11 is 4.87. The molecule has 0 saturated heterocycles. The molecule has 2 rings (SSSR count). The molecule has 3 N–H and O–H groups in total. The molecule has 0 radical (unpaired) electrons. The van der Waals surface area contributed by atoms with Crippen LogP contribution in [0, 0.1) is 17.6 Å². The van der Waals surface area contributed by atoms with Crippen LogP contribution >= 0.6 is 12.2 Å². The van der Waals surface area contributed by atoms with Crippen LogP contribution in [0.1, 0.15) is 12.8 Å². The fourth-order valence-electron chi connectivity index (χ4n) is 1.35. The van der Waals surface area contributed by atoms with E-state index in [9.17, 15) is 13.6 Å². The van der Waals surface area contributed by atoms with E-state index in [1.54, 1.807) is 0 Å². The lowest BCUT2D eigenvalue weighted by Crippen LogP contribution is -2.44. The summed E-state index contributed by atoms with van der Waals surface area (Å²) in [7, 11) is 0. The van der Waals surface area contributed by atoms with Crippen molar-refractivity contribution in [2.24, 2.45) is 5.92 Å². The van der Waals surface area contributed by atoms with Crippen LogP contribution in [0.15, 0.2) is 18.2 Å². The molecular weight excluding hydrogens is 260 g/mol. The fourth-order valence-corrected chi connectivity index (χ4v) is 1.52. The zero-order valence-electron chi connectivity index (χ0n) is 9.30. The molecule has 1 amide bonds. The monoisotopic (exact) mass is 271 g/mol. The predicted octanol–water partition coefficient (Wildman–Crippen LogP) is 1.69. The molecule has 18 heavy (non-hydrogen) atoms. The number of hydrazine groups is 1. The Morgan fingerprint density at radius 3 is 2.33 bits per heavy atom. The molecule has 1 aliphatic carbocycles. The van der Waals surface area contributed by atoms with Gasteiger partial charge in [0.1, 0.15) is 11.6 Å². The Balaban J connectivity index is 1.84. The molecule has 96 valence electrons. The lowest BCUT2D eigenvalue weighted by atomic mass is 10.3. The molecule has 1 aliphatic rings. The average Bonchev–Trinajstić information content (AvgIpc) is 3.08. The van der Waals surface area contributed by atoms with Gasteiger partial charge in [-0.2, -0.15) is 0 Å². The Bertz CT molecular complexity index is 471. The molecule has 1 fully saturated rings. The van der Waals surface area contributed by atoms with Gasteiger partial charge in [0.05, 0.1) is 0 Å². The number of carbonyl (C=O) groups is 1. The Labute approximate surface area is 108 Å². The molecule has 4 nitrogen and oxygen atoms in total. The van der Waals surface area contributed by atoms with E-state index >= 15 is 0 Å². The second-order valence-electron chi connectivity index (χ2n) is 4.00. The molecule has 7 heteroatoms. The number of nitrogens with one attached hydrogen (secondary N) is 3. The maximum atomic E-state index is 12.9. The van der Waals surface area contributed by atoms with E-state index in [4.69, 9.17) is 12.2 Å². The lowest BCUT2D eigenvalue weighted by molar-refractivity contribution is -0.122. The van der Waals surface area contributed by atoms with Crippen molar-refractivity contribution in [2.45, 2.75) is 12.8 Å². The van der Waals surface area contributed by atoms with Crippen molar-refractivity contribution in [3.8, 4) is 0 Å². The van der Waals surface area contributed by atoms with E-state index in [-0.39, 0.29) is 22.6 Å². The highest BCUT2D eigenvalue weighted by Crippen LogP contribution is 2.28. The highest BCUT2D eigenvalue weighted by Gasteiger charge is 2.29. The zero-order valence-corrected chi connectivity index (χ0v) is 10.1. The van der Waals surface area contributed by atoms with Crippen LogP contribution in [0.3, 0.4) is 0 Å². The highest BCUT2D eigenvalue weighted by atomic mass is 32.1. The SMILES string of the molecule is O=C(NNC(=S)Nc1cc(F)cc(F)c1)C1CC1. The summed E-state index contributed by atoms with van der Waals surface area (Å²) in [6, 6.07) is 2.95. The van der Waals surface area contributed by atoms with E-state index in [0.29, 0.717) is 0 Å². The van der Waals surface area contributed by atoms with Crippen LogP contribution in [-0.4, -0.2) is 11.0 Å². The first kappa shape index (κ1) is 12.7. The maximum Gasteiger partial charge on any atom is 0.241 e. The molecule has 0 aliphatic heterocycles. The molecule has 0 unspecified atom stereocenters. The third-order valence-corrected chi connectivity index (χ3v) is 2.57. The topological polar surface area (TPSA) is 53.2 Å². The average molecular weight is 271 g/mol. The molecule has 1 saturated carbocycles. The third kappa shape index (κ3) is 3.63. The molecule has 1 aromatic rings. The third-order valence-electron chi connectivity index (χ3n) is 2.37. The zero-order chi connectivity index (χ0) is 13.1. The summed E-state index contributed by atoms with van der Waals surface area (Å²) in [5, 5.41) is 2.63. The van der Waals surface area contributed by atoms with E-state index in [1.807, 2.05) is 0 Å². The predicted molar refractivity (Wildman–Crippen MR) is 66.6 cm³/mol. The van der Waals surface area contributed by atoms with Gasteiger partial charge in [-0.3, -0.25) is 15.6 Å². The largest absolute Gasteiger partial charge is 0.331 e. The van der Waals surface area contributed by atoms with E-state index in [2.05, 4.69) is 16.2 Å². The van der Waals surface area contributed by atoms with E-state index in [1.165, 1.54) is 0 Å². The minimum Gasteiger partial charge on any atom is -0.331 e. The summed E-state index contributed by atoms with van der Waals surface area (Å²) < 4.78 is 25.8. The van der Waals surface area contributed by atoms with Crippen LogP contribution in [-0.2, 0) is 4.79 Å². The first-order valence-corrected chi connectivity index (χ1v) is 5.78. The van der Waals surface area contributed by atoms with Crippen LogP contribution in [0.2, 0.25) is 0 Å². The van der Waals surface area contributed by atoms with Crippen molar-refractivity contribution >= 4 is 28.9 Å². The van der Waals surface area contributed by atoms with Gasteiger partial charge in [0.25, 0.3) is 0 Å². The quantitative estimate of drug-likeness (QED) is 0.566. The Kier molecular flexibility index (Phi) is 3.71.